The highest BCUT2D eigenvalue weighted by Crippen LogP contribution is 2.25. The molecule has 1 heterocycles. The van der Waals surface area contributed by atoms with Gasteiger partial charge >= 0.3 is 5.97 Å². The number of hydrogen-bond acceptors (Lipinski definition) is 6. The van der Waals surface area contributed by atoms with Crippen molar-refractivity contribution >= 4 is 22.6 Å². The molecule has 0 bridgehead atoms. The molecule has 94 valence electrons. The molecule has 0 fully saturated rings. The van der Waals surface area contributed by atoms with Crippen LogP contribution in [0.5, 0.6) is 5.75 Å². The van der Waals surface area contributed by atoms with Gasteiger partial charge in [-0.3, -0.25) is 4.79 Å². The van der Waals surface area contributed by atoms with E-state index in [2.05, 4.69) is 0 Å². The summed E-state index contributed by atoms with van der Waals surface area (Å²) in [6.07, 6.45) is 0. The minimum Gasteiger partial charge on any atom is -0.506 e. The van der Waals surface area contributed by atoms with Crippen LogP contribution < -0.4 is 11.2 Å². The molecule has 1 aromatic heterocycles. The van der Waals surface area contributed by atoms with Crippen LogP contribution in [-0.2, 0) is 4.74 Å². The van der Waals surface area contributed by atoms with Gasteiger partial charge in [-0.15, -0.1) is 0 Å². The number of phenolic OH excluding ortho intramolecular Hbond substituents is 1. The summed E-state index contributed by atoms with van der Waals surface area (Å²) in [4.78, 5) is 23.2. The maximum absolute atomic E-state index is 11.8. The van der Waals surface area contributed by atoms with E-state index in [0.29, 0.717) is 0 Å². The van der Waals surface area contributed by atoms with Crippen LogP contribution in [0.2, 0.25) is 0 Å². The molecule has 0 spiro atoms. The van der Waals surface area contributed by atoms with Gasteiger partial charge in [-0.2, -0.15) is 0 Å². The Balaban J connectivity index is 2.65. The molecule has 2 aromatic rings. The number of anilines is 1. The predicted molar refractivity (Wildman–Crippen MR) is 64.5 cm³/mol. The number of benzene rings is 1. The fourth-order valence-corrected chi connectivity index (χ4v) is 1.51. The molecular formula is C12H11NO5. The van der Waals surface area contributed by atoms with Crippen molar-refractivity contribution in [1.29, 1.82) is 0 Å². The molecule has 0 saturated heterocycles. The summed E-state index contributed by atoms with van der Waals surface area (Å²) in [6, 6.07) is 3.52. The Kier molecular flexibility index (Phi) is 2.93. The van der Waals surface area contributed by atoms with Crippen molar-refractivity contribution in [2.75, 3.05) is 12.3 Å². The Bertz CT molecular complexity index is 674. The molecule has 18 heavy (non-hydrogen) atoms. The smallest absolute Gasteiger partial charge is 0.374 e. The molecule has 0 aliphatic carbocycles. The van der Waals surface area contributed by atoms with Crippen molar-refractivity contribution in [3.8, 4) is 5.75 Å². The Labute approximate surface area is 102 Å². The topological polar surface area (TPSA) is 103 Å². The molecule has 1 aromatic carbocycles. The molecule has 0 radical (unpaired) electrons. The maximum Gasteiger partial charge on any atom is 0.374 e. The first-order chi connectivity index (χ1) is 8.52. The number of rotatable bonds is 2. The number of carbonyl (C=O) groups is 1. The van der Waals surface area contributed by atoms with Crippen molar-refractivity contribution in [1.82, 2.24) is 0 Å². The van der Waals surface area contributed by atoms with Crippen molar-refractivity contribution in [3.63, 3.8) is 0 Å². The van der Waals surface area contributed by atoms with Crippen LogP contribution >= 0.6 is 0 Å². The molecule has 0 saturated carbocycles. The summed E-state index contributed by atoms with van der Waals surface area (Å²) in [6.45, 7) is 1.82. The van der Waals surface area contributed by atoms with Crippen LogP contribution in [0, 0.1) is 0 Å². The van der Waals surface area contributed by atoms with E-state index in [1.807, 2.05) is 0 Å². The normalized spacial score (nSPS) is 10.5. The molecule has 2 rings (SSSR count). The molecule has 0 amide bonds. The summed E-state index contributed by atoms with van der Waals surface area (Å²) in [5, 5.41) is 9.63. The third-order valence-corrected chi connectivity index (χ3v) is 2.35. The first-order valence-corrected chi connectivity index (χ1v) is 5.26. The quantitative estimate of drug-likeness (QED) is 0.471. The second kappa shape index (κ2) is 4.40. The van der Waals surface area contributed by atoms with Crippen molar-refractivity contribution < 1.29 is 19.1 Å². The lowest BCUT2D eigenvalue weighted by molar-refractivity contribution is 0.0490. The fourth-order valence-electron chi connectivity index (χ4n) is 1.51. The Morgan fingerprint density at radius 1 is 1.44 bits per heavy atom. The van der Waals surface area contributed by atoms with E-state index in [1.54, 1.807) is 6.92 Å². The minimum absolute atomic E-state index is 0.0682. The monoisotopic (exact) mass is 249 g/mol. The second-order valence-corrected chi connectivity index (χ2v) is 3.60. The van der Waals surface area contributed by atoms with Gasteiger partial charge in [0.25, 0.3) is 0 Å². The van der Waals surface area contributed by atoms with Crippen molar-refractivity contribution in [3.05, 3.63) is 34.2 Å². The van der Waals surface area contributed by atoms with Crippen LogP contribution in [0.1, 0.15) is 17.5 Å². The van der Waals surface area contributed by atoms with Crippen LogP contribution in [0.25, 0.3) is 11.0 Å². The highest BCUT2D eigenvalue weighted by molar-refractivity contribution is 5.90. The lowest BCUT2D eigenvalue weighted by Gasteiger charge is -2.04. The minimum atomic E-state index is -0.729. The third kappa shape index (κ3) is 2.00. The second-order valence-electron chi connectivity index (χ2n) is 3.60. The number of nitrogens with two attached hydrogens (primary N) is 1. The SMILES string of the molecule is CCOC(=O)c1cc(=O)c2cc(N)c(O)cc2o1. The predicted octanol–water partition coefficient (Wildman–Crippen LogP) is 1.26. The van der Waals surface area contributed by atoms with Gasteiger partial charge in [0.15, 0.2) is 5.43 Å². The average Bonchev–Trinajstić information content (AvgIpc) is 2.32. The van der Waals surface area contributed by atoms with Crippen LogP contribution in [0.4, 0.5) is 5.69 Å². The summed E-state index contributed by atoms with van der Waals surface area (Å²) in [7, 11) is 0. The lowest BCUT2D eigenvalue weighted by atomic mass is 10.2. The van der Waals surface area contributed by atoms with Crippen molar-refractivity contribution in [2.24, 2.45) is 0 Å². The number of aromatic hydroxyl groups is 1. The van der Waals surface area contributed by atoms with E-state index >= 15 is 0 Å². The summed E-state index contributed by atoms with van der Waals surface area (Å²) in [5.41, 5.74) is 5.20. The Morgan fingerprint density at radius 2 is 2.17 bits per heavy atom. The summed E-state index contributed by atoms with van der Waals surface area (Å²) in [5.74, 6) is -1.15. The van der Waals surface area contributed by atoms with E-state index in [4.69, 9.17) is 14.9 Å². The van der Waals surface area contributed by atoms with Crippen LogP contribution in [0.15, 0.2) is 27.4 Å². The first kappa shape index (κ1) is 12.0. The molecule has 0 atom stereocenters. The third-order valence-electron chi connectivity index (χ3n) is 2.35. The Hall–Kier alpha value is -2.50. The van der Waals surface area contributed by atoms with Gasteiger partial charge in [0, 0.05) is 12.1 Å². The summed E-state index contributed by atoms with van der Waals surface area (Å²) >= 11 is 0. The van der Waals surface area contributed by atoms with E-state index in [0.717, 1.165) is 6.07 Å². The van der Waals surface area contributed by atoms with E-state index in [9.17, 15) is 14.7 Å². The molecule has 6 nitrogen and oxygen atoms in total. The summed E-state index contributed by atoms with van der Waals surface area (Å²) < 4.78 is 9.93. The molecule has 6 heteroatoms. The number of hydrogen-bond donors (Lipinski definition) is 2. The van der Waals surface area contributed by atoms with Gasteiger partial charge in [-0.1, -0.05) is 0 Å². The highest BCUT2D eigenvalue weighted by atomic mass is 16.5. The van der Waals surface area contributed by atoms with E-state index in [-0.39, 0.29) is 34.8 Å². The number of nitrogen functional groups attached to an aromatic ring is 1. The van der Waals surface area contributed by atoms with Gasteiger partial charge in [0.05, 0.1) is 17.7 Å². The molecule has 0 aliphatic heterocycles. The van der Waals surface area contributed by atoms with Gasteiger partial charge in [-0.25, -0.2) is 4.79 Å². The van der Waals surface area contributed by atoms with Crippen LogP contribution in [0.3, 0.4) is 0 Å². The van der Waals surface area contributed by atoms with Gasteiger partial charge in [0.2, 0.25) is 5.76 Å². The molecule has 0 unspecified atom stereocenters. The standard InChI is InChI=1S/C12H11NO5/c1-2-17-12(16)11-4-8(14)6-3-7(13)9(15)5-10(6)18-11/h3-5,15H,2,13H2,1H3. The Morgan fingerprint density at radius 3 is 2.83 bits per heavy atom. The average molecular weight is 249 g/mol. The van der Waals surface area contributed by atoms with Gasteiger partial charge < -0.3 is 20.0 Å². The van der Waals surface area contributed by atoms with Gasteiger partial charge in [0.1, 0.15) is 11.3 Å². The number of fused-ring (bicyclic) bond motifs is 1. The number of esters is 1. The number of carbonyl (C=O) groups excluding carboxylic acids is 1. The largest absolute Gasteiger partial charge is 0.506 e. The highest BCUT2D eigenvalue weighted by Gasteiger charge is 2.14. The zero-order valence-electron chi connectivity index (χ0n) is 9.60. The van der Waals surface area contributed by atoms with Gasteiger partial charge in [-0.05, 0) is 13.0 Å². The van der Waals surface area contributed by atoms with E-state index in [1.165, 1.54) is 12.1 Å². The zero-order valence-corrected chi connectivity index (χ0v) is 9.60. The first-order valence-electron chi connectivity index (χ1n) is 5.26. The van der Waals surface area contributed by atoms with Crippen molar-refractivity contribution in [2.45, 2.75) is 6.92 Å². The molecular weight excluding hydrogens is 238 g/mol. The number of phenols is 1. The fraction of sp³-hybridized carbons (Fsp3) is 0.167. The van der Waals surface area contributed by atoms with E-state index < -0.39 is 11.4 Å². The lowest BCUT2D eigenvalue weighted by Crippen LogP contribution is -2.10. The maximum atomic E-state index is 11.8. The zero-order chi connectivity index (χ0) is 13.3. The van der Waals surface area contributed by atoms with Crippen LogP contribution in [-0.4, -0.2) is 17.7 Å². The number of ether oxygens (including phenoxy) is 1. The molecule has 0 aliphatic rings. The molecule has 3 N–H and O–H groups in total.